The number of nitrogens with zero attached hydrogens (tertiary/aromatic N) is 4. The van der Waals surface area contributed by atoms with Gasteiger partial charge in [-0.1, -0.05) is 6.07 Å². The lowest BCUT2D eigenvalue weighted by Crippen LogP contribution is -2.46. The van der Waals surface area contributed by atoms with Crippen LogP contribution in [-0.4, -0.2) is 66.0 Å². The van der Waals surface area contributed by atoms with E-state index in [1.807, 2.05) is 0 Å². The van der Waals surface area contributed by atoms with Crippen LogP contribution in [0.4, 0.5) is 20.2 Å². The predicted molar refractivity (Wildman–Crippen MR) is 115 cm³/mol. The zero-order valence-electron chi connectivity index (χ0n) is 18.1. The quantitative estimate of drug-likeness (QED) is 0.656. The summed E-state index contributed by atoms with van der Waals surface area (Å²) in [4.78, 5) is 35.3. The van der Waals surface area contributed by atoms with E-state index in [0.717, 1.165) is 12.8 Å². The van der Waals surface area contributed by atoms with Gasteiger partial charge in [0.2, 0.25) is 11.8 Å². The van der Waals surface area contributed by atoms with Gasteiger partial charge in [-0.3, -0.25) is 14.5 Å². The monoisotopic (exact) mass is 458 g/mol. The average molecular weight is 458 g/mol. The van der Waals surface area contributed by atoms with E-state index in [9.17, 15) is 14.0 Å². The van der Waals surface area contributed by atoms with Crippen molar-refractivity contribution < 1.29 is 23.1 Å². The van der Waals surface area contributed by atoms with Crippen molar-refractivity contribution in [3.63, 3.8) is 0 Å². The maximum absolute atomic E-state index is 15.1. The summed E-state index contributed by atoms with van der Waals surface area (Å²) in [6.07, 6.45) is 2.68. The molecular formula is C22H24F2N6O3. The van der Waals surface area contributed by atoms with Gasteiger partial charge in [-0.2, -0.15) is 9.37 Å². The maximum Gasteiger partial charge on any atom is 0.288 e. The molecule has 2 amide bonds. The summed E-state index contributed by atoms with van der Waals surface area (Å²) in [5.74, 6) is -1.72. The molecule has 1 saturated carbocycles. The van der Waals surface area contributed by atoms with Gasteiger partial charge in [0.15, 0.2) is 11.9 Å². The van der Waals surface area contributed by atoms with Crippen LogP contribution >= 0.6 is 0 Å². The summed E-state index contributed by atoms with van der Waals surface area (Å²) in [7, 11) is 1.42. The Kier molecular flexibility index (Phi) is 5.57. The molecule has 1 saturated heterocycles. The fourth-order valence-electron chi connectivity index (χ4n) is 4.21. The third-order valence-corrected chi connectivity index (χ3v) is 6.26. The number of halogens is 2. The Balaban J connectivity index is 1.23. The van der Waals surface area contributed by atoms with Crippen molar-refractivity contribution in [1.82, 2.24) is 20.2 Å². The van der Waals surface area contributed by atoms with E-state index in [2.05, 4.69) is 25.5 Å². The molecule has 33 heavy (non-hydrogen) atoms. The first-order valence-electron chi connectivity index (χ1n) is 11.0. The van der Waals surface area contributed by atoms with Crippen molar-refractivity contribution in [3.8, 4) is 5.75 Å². The SMILES string of the molecule is CNC(=O)c1ncc(N2CCN(Cc3ccc4c(c3F)NC(=O)[C@@H](C3CC3)O4)CC2)c(F)n1. The highest BCUT2D eigenvalue weighted by Crippen LogP contribution is 2.41. The molecule has 2 aromatic rings. The Morgan fingerprint density at radius 1 is 1.24 bits per heavy atom. The fourth-order valence-corrected chi connectivity index (χ4v) is 4.21. The van der Waals surface area contributed by atoms with Crippen LogP contribution in [0.25, 0.3) is 0 Å². The summed E-state index contributed by atoms with van der Waals surface area (Å²) < 4.78 is 35.3. The van der Waals surface area contributed by atoms with E-state index in [1.165, 1.54) is 13.2 Å². The molecular weight excluding hydrogens is 434 g/mol. The molecule has 3 aliphatic rings. The first kappa shape index (κ1) is 21.5. The number of hydrogen-bond donors (Lipinski definition) is 2. The highest BCUT2D eigenvalue weighted by molar-refractivity contribution is 5.98. The van der Waals surface area contributed by atoms with Gasteiger partial charge in [0.25, 0.3) is 11.8 Å². The highest BCUT2D eigenvalue weighted by Gasteiger charge is 2.41. The topological polar surface area (TPSA) is 99.7 Å². The van der Waals surface area contributed by atoms with Crippen molar-refractivity contribution in [2.45, 2.75) is 25.5 Å². The van der Waals surface area contributed by atoms with Crippen molar-refractivity contribution in [1.29, 1.82) is 0 Å². The predicted octanol–water partition coefficient (Wildman–Crippen LogP) is 1.55. The Labute approximate surface area is 189 Å². The first-order chi connectivity index (χ1) is 15.9. The molecule has 2 fully saturated rings. The molecule has 0 unspecified atom stereocenters. The minimum absolute atomic E-state index is 0.100. The molecule has 2 N–H and O–H groups in total. The molecule has 9 nitrogen and oxygen atoms in total. The van der Waals surface area contributed by atoms with Gasteiger partial charge in [0, 0.05) is 51.3 Å². The molecule has 0 bridgehead atoms. The van der Waals surface area contributed by atoms with Crippen LogP contribution in [0.5, 0.6) is 5.75 Å². The number of aromatic nitrogens is 2. The largest absolute Gasteiger partial charge is 0.478 e. The molecule has 2 aliphatic heterocycles. The van der Waals surface area contributed by atoms with Crippen molar-refractivity contribution in [2.24, 2.45) is 5.92 Å². The smallest absolute Gasteiger partial charge is 0.288 e. The van der Waals surface area contributed by atoms with Gasteiger partial charge < -0.3 is 20.3 Å². The summed E-state index contributed by atoms with van der Waals surface area (Å²) in [5.41, 5.74) is 0.788. The second-order valence-electron chi connectivity index (χ2n) is 8.49. The number of carbonyl (C=O) groups is 2. The van der Waals surface area contributed by atoms with Crippen molar-refractivity contribution >= 4 is 23.2 Å². The standard InChI is InChI=1S/C22H24F2N6O3/c1-25-22(32)20-26-10-14(19(24)28-20)30-8-6-29(7-9-30)11-13-4-5-15-17(16(13)23)27-21(31)18(33-15)12-2-3-12/h4-5,10,12,18H,2-3,6-9,11H2,1H3,(H,25,32)(H,27,31)/t18-/m1/s1. The minimum Gasteiger partial charge on any atom is -0.478 e. The number of anilines is 2. The third-order valence-electron chi connectivity index (χ3n) is 6.26. The first-order valence-corrected chi connectivity index (χ1v) is 11.0. The lowest BCUT2D eigenvalue weighted by Gasteiger charge is -2.36. The lowest BCUT2D eigenvalue weighted by atomic mass is 10.1. The number of fused-ring (bicyclic) bond motifs is 1. The zero-order valence-corrected chi connectivity index (χ0v) is 18.1. The lowest BCUT2D eigenvalue weighted by molar-refractivity contribution is -0.124. The zero-order chi connectivity index (χ0) is 23.1. The molecule has 1 aromatic carbocycles. The number of ether oxygens (including phenoxy) is 1. The molecule has 11 heteroatoms. The van der Waals surface area contributed by atoms with E-state index in [0.29, 0.717) is 44.0 Å². The second kappa shape index (κ2) is 8.54. The summed E-state index contributed by atoms with van der Waals surface area (Å²) in [6, 6.07) is 3.40. The Hall–Kier alpha value is -3.34. The molecule has 174 valence electrons. The van der Waals surface area contributed by atoms with Gasteiger partial charge >= 0.3 is 0 Å². The molecule has 0 radical (unpaired) electrons. The second-order valence-corrected chi connectivity index (χ2v) is 8.49. The van der Waals surface area contributed by atoms with Crippen LogP contribution in [0.1, 0.15) is 29.0 Å². The number of carbonyl (C=O) groups excluding carboxylic acids is 2. The van der Waals surface area contributed by atoms with E-state index >= 15 is 4.39 Å². The molecule has 5 rings (SSSR count). The highest BCUT2D eigenvalue weighted by atomic mass is 19.1. The van der Waals surface area contributed by atoms with Gasteiger partial charge in [0.1, 0.15) is 17.1 Å². The Bertz CT molecular complexity index is 1100. The van der Waals surface area contributed by atoms with E-state index < -0.39 is 23.8 Å². The normalized spacial score (nSPS) is 20.6. The van der Waals surface area contributed by atoms with Crippen molar-refractivity contribution in [3.05, 3.63) is 41.5 Å². The molecule has 1 atom stereocenters. The van der Waals surface area contributed by atoms with Gasteiger partial charge in [-0.15, -0.1) is 0 Å². The average Bonchev–Trinajstić information content (AvgIpc) is 3.66. The van der Waals surface area contributed by atoms with E-state index in [-0.39, 0.29) is 29.0 Å². The molecule has 1 aromatic heterocycles. The van der Waals surface area contributed by atoms with Gasteiger partial charge in [-0.05, 0) is 18.9 Å². The number of rotatable bonds is 5. The van der Waals surface area contributed by atoms with E-state index in [4.69, 9.17) is 4.74 Å². The summed E-state index contributed by atoms with van der Waals surface area (Å²) in [6.45, 7) is 2.48. The number of amides is 2. The van der Waals surface area contributed by atoms with Gasteiger partial charge in [0.05, 0.1) is 6.20 Å². The Morgan fingerprint density at radius 2 is 2.00 bits per heavy atom. The number of hydrogen-bond acceptors (Lipinski definition) is 7. The van der Waals surface area contributed by atoms with Crippen LogP contribution in [0.3, 0.4) is 0 Å². The molecule has 1 aliphatic carbocycles. The van der Waals surface area contributed by atoms with Gasteiger partial charge in [-0.25, -0.2) is 9.37 Å². The summed E-state index contributed by atoms with van der Waals surface area (Å²) in [5, 5.41) is 5.04. The van der Waals surface area contributed by atoms with Crippen LogP contribution in [0.15, 0.2) is 18.3 Å². The number of nitrogens with one attached hydrogen (secondary N) is 2. The number of benzene rings is 1. The van der Waals surface area contributed by atoms with E-state index in [1.54, 1.807) is 17.0 Å². The van der Waals surface area contributed by atoms with Crippen molar-refractivity contribution in [2.75, 3.05) is 43.4 Å². The molecule has 0 spiro atoms. The fraction of sp³-hybridized carbons (Fsp3) is 0.455. The third kappa shape index (κ3) is 4.20. The minimum atomic E-state index is -0.752. The number of piperazine rings is 1. The van der Waals surface area contributed by atoms with Crippen LogP contribution in [0, 0.1) is 17.7 Å². The Morgan fingerprint density at radius 3 is 2.67 bits per heavy atom. The van der Waals surface area contributed by atoms with Crippen LogP contribution in [-0.2, 0) is 11.3 Å². The maximum atomic E-state index is 15.1. The van der Waals surface area contributed by atoms with Crippen LogP contribution < -0.4 is 20.3 Å². The molecule has 3 heterocycles. The van der Waals surface area contributed by atoms with Crippen LogP contribution in [0.2, 0.25) is 0 Å². The summed E-state index contributed by atoms with van der Waals surface area (Å²) >= 11 is 0.